The largest absolute Gasteiger partial charge is 0.395 e. The Balaban J connectivity index is 2.13. The van der Waals surface area contributed by atoms with Crippen LogP contribution in [0.15, 0.2) is 12.1 Å². The minimum atomic E-state index is 0.221. The third-order valence-electron chi connectivity index (χ3n) is 3.92. The van der Waals surface area contributed by atoms with Gasteiger partial charge in [0.25, 0.3) is 0 Å². The van der Waals surface area contributed by atoms with E-state index >= 15 is 0 Å². The lowest BCUT2D eigenvalue weighted by molar-refractivity contribution is 0.278. The van der Waals surface area contributed by atoms with E-state index in [1.165, 1.54) is 35.2 Å². The van der Waals surface area contributed by atoms with E-state index in [2.05, 4.69) is 43.1 Å². The number of benzene rings is 1. The lowest BCUT2D eigenvalue weighted by Gasteiger charge is -2.36. The van der Waals surface area contributed by atoms with Crippen LogP contribution in [-0.2, 0) is 0 Å². The Morgan fingerprint density at radius 2 is 1.95 bits per heavy atom. The second-order valence-electron chi connectivity index (χ2n) is 5.71. The van der Waals surface area contributed by atoms with E-state index < -0.39 is 0 Å². The third kappa shape index (κ3) is 3.48. The fourth-order valence-corrected chi connectivity index (χ4v) is 3.29. The van der Waals surface area contributed by atoms with Crippen LogP contribution in [0.2, 0.25) is 0 Å². The number of hydrogen-bond acceptors (Lipinski definition) is 3. The molecule has 19 heavy (non-hydrogen) atoms. The van der Waals surface area contributed by atoms with Gasteiger partial charge in [0, 0.05) is 31.4 Å². The molecular formula is C16H26N2O. The number of aliphatic hydroxyl groups is 1. The van der Waals surface area contributed by atoms with Crippen molar-refractivity contribution in [3.05, 3.63) is 28.8 Å². The Labute approximate surface area is 116 Å². The molecule has 0 bridgehead atoms. The van der Waals surface area contributed by atoms with Crippen LogP contribution >= 0.6 is 0 Å². The summed E-state index contributed by atoms with van der Waals surface area (Å²) in [5.41, 5.74) is 5.49. The van der Waals surface area contributed by atoms with Crippen LogP contribution in [0, 0.1) is 20.8 Å². The molecule has 0 aromatic heterocycles. The zero-order chi connectivity index (χ0) is 13.8. The number of nitrogens with zero attached hydrogens (tertiary/aromatic N) is 1. The molecule has 3 nitrogen and oxygen atoms in total. The Hall–Kier alpha value is -1.06. The van der Waals surface area contributed by atoms with Crippen molar-refractivity contribution in [2.75, 3.05) is 31.1 Å². The smallest absolute Gasteiger partial charge is 0.0556 e. The van der Waals surface area contributed by atoms with Crippen molar-refractivity contribution < 1.29 is 5.11 Å². The normalized spacial score (nSPS) is 19.8. The quantitative estimate of drug-likeness (QED) is 0.873. The highest BCUT2D eigenvalue weighted by molar-refractivity contribution is 5.60. The predicted octanol–water partition coefficient (Wildman–Crippen LogP) is 2.16. The summed E-state index contributed by atoms with van der Waals surface area (Å²) in [7, 11) is 0. The molecule has 0 aliphatic carbocycles. The van der Waals surface area contributed by atoms with Gasteiger partial charge in [-0.2, -0.15) is 0 Å². The van der Waals surface area contributed by atoms with Gasteiger partial charge in [-0.25, -0.2) is 0 Å². The van der Waals surface area contributed by atoms with Crippen LogP contribution in [0.25, 0.3) is 0 Å². The standard InChI is InChI=1S/C16H26N2O/c1-12-9-13(2)16(14(3)10-12)18-7-4-5-15(11-18)17-6-8-19/h9-10,15,17,19H,4-8,11H2,1-3H3. The van der Waals surface area contributed by atoms with Crippen LogP contribution < -0.4 is 10.2 Å². The van der Waals surface area contributed by atoms with Gasteiger partial charge in [0.2, 0.25) is 0 Å². The number of rotatable bonds is 4. The van der Waals surface area contributed by atoms with E-state index in [9.17, 15) is 0 Å². The highest BCUT2D eigenvalue weighted by Gasteiger charge is 2.21. The van der Waals surface area contributed by atoms with Gasteiger partial charge < -0.3 is 15.3 Å². The Kier molecular flexibility index (Phi) is 4.83. The maximum absolute atomic E-state index is 8.92. The molecule has 1 aliphatic rings. The number of piperidine rings is 1. The van der Waals surface area contributed by atoms with Crippen LogP contribution in [0.5, 0.6) is 0 Å². The molecule has 1 saturated heterocycles. The molecule has 106 valence electrons. The van der Waals surface area contributed by atoms with Crippen molar-refractivity contribution in [3.8, 4) is 0 Å². The third-order valence-corrected chi connectivity index (χ3v) is 3.92. The average Bonchev–Trinajstić information content (AvgIpc) is 2.35. The molecule has 0 spiro atoms. The van der Waals surface area contributed by atoms with Crippen molar-refractivity contribution in [2.45, 2.75) is 39.7 Å². The first-order valence-corrected chi connectivity index (χ1v) is 7.29. The lowest BCUT2D eigenvalue weighted by Crippen LogP contribution is -2.46. The highest BCUT2D eigenvalue weighted by Crippen LogP contribution is 2.28. The van der Waals surface area contributed by atoms with Crippen LogP contribution in [0.1, 0.15) is 29.5 Å². The fraction of sp³-hybridized carbons (Fsp3) is 0.625. The molecule has 3 heteroatoms. The number of hydrogen-bond donors (Lipinski definition) is 2. The van der Waals surface area contributed by atoms with Gasteiger partial charge in [-0.05, 0) is 44.7 Å². The van der Waals surface area contributed by atoms with Crippen LogP contribution in [0.3, 0.4) is 0 Å². The Morgan fingerprint density at radius 3 is 2.58 bits per heavy atom. The molecular weight excluding hydrogens is 236 g/mol. The van der Waals surface area contributed by atoms with Crippen molar-refractivity contribution in [2.24, 2.45) is 0 Å². The van der Waals surface area contributed by atoms with Gasteiger partial charge in [-0.15, -0.1) is 0 Å². The zero-order valence-corrected chi connectivity index (χ0v) is 12.4. The summed E-state index contributed by atoms with van der Waals surface area (Å²) >= 11 is 0. The molecule has 1 fully saturated rings. The average molecular weight is 262 g/mol. The summed E-state index contributed by atoms with van der Waals surface area (Å²) in [6.07, 6.45) is 2.43. The Morgan fingerprint density at radius 1 is 1.26 bits per heavy atom. The summed E-state index contributed by atoms with van der Waals surface area (Å²) < 4.78 is 0. The maximum Gasteiger partial charge on any atom is 0.0556 e. The van der Waals surface area contributed by atoms with Gasteiger partial charge >= 0.3 is 0 Å². The molecule has 1 aromatic rings. The fourth-order valence-electron chi connectivity index (χ4n) is 3.29. The molecule has 2 N–H and O–H groups in total. The minimum Gasteiger partial charge on any atom is -0.395 e. The second-order valence-corrected chi connectivity index (χ2v) is 5.71. The number of anilines is 1. The molecule has 0 radical (unpaired) electrons. The molecule has 1 unspecified atom stereocenters. The minimum absolute atomic E-state index is 0.221. The molecule has 1 aromatic carbocycles. The highest BCUT2D eigenvalue weighted by atomic mass is 16.3. The topological polar surface area (TPSA) is 35.5 Å². The first kappa shape index (κ1) is 14.4. The molecule has 2 rings (SSSR count). The lowest BCUT2D eigenvalue weighted by atomic mass is 9.99. The number of aliphatic hydroxyl groups excluding tert-OH is 1. The SMILES string of the molecule is Cc1cc(C)c(N2CCCC(NCCO)C2)c(C)c1. The van der Waals surface area contributed by atoms with E-state index in [0.717, 1.165) is 13.1 Å². The first-order valence-electron chi connectivity index (χ1n) is 7.29. The summed E-state index contributed by atoms with van der Waals surface area (Å²) in [6.45, 7) is 9.68. The summed E-state index contributed by atoms with van der Waals surface area (Å²) in [5.74, 6) is 0. The van der Waals surface area contributed by atoms with Gasteiger partial charge in [-0.3, -0.25) is 0 Å². The van der Waals surface area contributed by atoms with E-state index in [4.69, 9.17) is 5.11 Å². The molecule has 1 heterocycles. The summed E-state index contributed by atoms with van der Waals surface area (Å²) in [4.78, 5) is 2.50. The molecule has 0 amide bonds. The van der Waals surface area contributed by atoms with Crippen molar-refractivity contribution >= 4 is 5.69 Å². The second kappa shape index (κ2) is 6.40. The predicted molar refractivity (Wildman–Crippen MR) is 81.0 cm³/mol. The number of nitrogens with one attached hydrogen (secondary N) is 1. The molecule has 1 atom stereocenters. The number of aryl methyl sites for hydroxylation is 3. The van der Waals surface area contributed by atoms with Crippen molar-refractivity contribution in [1.29, 1.82) is 0 Å². The van der Waals surface area contributed by atoms with Gasteiger partial charge in [0.15, 0.2) is 0 Å². The van der Waals surface area contributed by atoms with Crippen molar-refractivity contribution in [1.82, 2.24) is 5.32 Å². The summed E-state index contributed by atoms with van der Waals surface area (Å²) in [6, 6.07) is 5.04. The van der Waals surface area contributed by atoms with Crippen LogP contribution in [-0.4, -0.2) is 37.4 Å². The maximum atomic E-state index is 8.92. The van der Waals surface area contributed by atoms with E-state index in [-0.39, 0.29) is 6.61 Å². The van der Waals surface area contributed by atoms with E-state index in [1.807, 2.05) is 0 Å². The van der Waals surface area contributed by atoms with Crippen molar-refractivity contribution in [3.63, 3.8) is 0 Å². The summed E-state index contributed by atoms with van der Waals surface area (Å²) in [5, 5.41) is 12.4. The monoisotopic (exact) mass is 262 g/mol. The van der Waals surface area contributed by atoms with E-state index in [1.54, 1.807) is 0 Å². The molecule has 1 aliphatic heterocycles. The zero-order valence-electron chi connectivity index (χ0n) is 12.4. The first-order chi connectivity index (χ1) is 9.11. The van der Waals surface area contributed by atoms with Gasteiger partial charge in [-0.1, -0.05) is 17.7 Å². The Bertz CT molecular complexity index is 408. The van der Waals surface area contributed by atoms with E-state index in [0.29, 0.717) is 12.6 Å². The van der Waals surface area contributed by atoms with Gasteiger partial charge in [0.1, 0.15) is 0 Å². The van der Waals surface area contributed by atoms with Gasteiger partial charge in [0.05, 0.1) is 6.61 Å². The van der Waals surface area contributed by atoms with Crippen LogP contribution in [0.4, 0.5) is 5.69 Å². The molecule has 0 saturated carbocycles.